The van der Waals surface area contributed by atoms with Crippen molar-refractivity contribution in [2.45, 2.75) is 89.9 Å². The summed E-state index contributed by atoms with van der Waals surface area (Å²) >= 11 is 0. The quantitative estimate of drug-likeness (QED) is 0.631. The van der Waals surface area contributed by atoms with Gasteiger partial charge in [0.2, 0.25) is 0 Å². The molecule has 18 heavy (non-hydrogen) atoms. The van der Waals surface area contributed by atoms with E-state index in [-0.39, 0.29) is 0 Å². The second-order valence-corrected chi connectivity index (χ2v) is 5.61. The number of hydrogen-bond donors (Lipinski definition) is 0. The molecule has 1 saturated carbocycles. The van der Waals surface area contributed by atoms with Crippen LogP contribution in [0.4, 0.5) is 0 Å². The molecule has 1 rings (SSSR count). The summed E-state index contributed by atoms with van der Waals surface area (Å²) < 4.78 is 0. The zero-order valence-electron chi connectivity index (χ0n) is 11.7. The second-order valence-electron chi connectivity index (χ2n) is 5.61. The van der Waals surface area contributed by atoms with E-state index >= 15 is 0 Å². The largest absolute Gasteiger partial charge is 0.300 e. The highest BCUT2D eigenvalue weighted by molar-refractivity contribution is 5.78. The maximum atomic E-state index is 11.6. The standard InChI is InChI=1S/C16H28O2/c17-15-11-7-3-1-2-4-8-12-16(18)14-10-6-5-9-13-15/h1-14H2. The molecule has 0 unspecified atom stereocenters. The van der Waals surface area contributed by atoms with Gasteiger partial charge in [0.25, 0.3) is 0 Å². The molecular formula is C16H28O2. The third-order valence-corrected chi connectivity index (χ3v) is 3.82. The van der Waals surface area contributed by atoms with E-state index in [1.165, 1.54) is 25.7 Å². The molecule has 0 N–H and O–H groups in total. The van der Waals surface area contributed by atoms with E-state index in [4.69, 9.17) is 0 Å². The molecule has 0 spiro atoms. The first-order valence-electron chi connectivity index (χ1n) is 7.82. The number of carbonyl (C=O) groups is 2. The van der Waals surface area contributed by atoms with E-state index in [2.05, 4.69) is 0 Å². The molecule has 1 aliphatic rings. The predicted molar refractivity (Wildman–Crippen MR) is 74.7 cm³/mol. The lowest BCUT2D eigenvalue weighted by molar-refractivity contribution is -0.120. The molecule has 0 bridgehead atoms. The Kier molecular flexibility index (Phi) is 8.79. The minimum atomic E-state index is 0.443. The zero-order chi connectivity index (χ0) is 13.1. The summed E-state index contributed by atoms with van der Waals surface area (Å²) in [6.07, 6.45) is 14.3. The van der Waals surface area contributed by atoms with Crippen molar-refractivity contribution < 1.29 is 9.59 Å². The van der Waals surface area contributed by atoms with Gasteiger partial charge in [0, 0.05) is 25.7 Å². The summed E-state index contributed by atoms with van der Waals surface area (Å²) in [6.45, 7) is 0. The van der Waals surface area contributed by atoms with Crippen molar-refractivity contribution in [2.24, 2.45) is 0 Å². The van der Waals surface area contributed by atoms with Gasteiger partial charge in [-0.25, -0.2) is 0 Å². The van der Waals surface area contributed by atoms with Crippen LogP contribution < -0.4 is 0 Å². The Morgan fingerprint density at radius 3 is 0.889 bits per heavy atom. The van der Waals surface area contributed by atoms with Gasteiger partial charge >= 0.3 is 0 Å². The van der Waals surface area contributed by atoms with Gasteiger partial charge in [-0.2, -0.15) is 0 Å². The Balaban J connectivity index is 2.21. The molecule has 0 saturated heterocycles. The Morgan fingerprint density at radius 1 is 0.389 bits per heavy atom. The monoisotopic (exact) mass is 252 g/mol. The summed E-state index contributed by atoms with van der Waals surface area (Å²) in [7, 11) is 0. The lowest BCUT2D eigenvalue weighted by Crippen LogP contribution is -2.00. The Hall–Kier alpha value is -0.660. The molecule has 0 amide bonds. The van der Waals surface area contributed by atoms with Crippen LogP contribution in [0.3, 0.4) is 0 Å². The molecule has 0 radical (unpaired) electrons. The van der Waals surface area contributed by atoms with Crippen LogP contribution >= 0.6 is 0 Å². The fourth-order valence-electron chi connectivity index (χ4n) is 2.60. The molecule has 0 aromatic rings. The van der Waals surface area contributed by atoms with Crippen molar-refractivity contribution in [1.29, 1.82) is 0 Å². The van der Waals surface area contributed by atoms with Crippen LogP contribution in [0.2, 0.25) is 0 Å². The van der Waals surface area contributed by atoms with E-state index in [1.807, 2.05) is 0 Å². The van der Waals surface area contributed by atoms with Crippen LogP contribution in [0.5, 0.6) is 0 Å². The predicted octanol–water partition coefficient (Wildman–Crippen LogP) is 4.60. The lowest BCUT2D eigenvalue weighted by Gasteiger charge is -2.05. The van der Waals surface area contributed by atoms with Gasteiger partial charge in [0.05, 0.1) is 0 Å². The van der Waals surface area contributed by atoms with Crippen molar-refractivity contribution in [2.75, 3.05) is 0 Å². The summed E-state index contributed by atoms with van der Waals surface area (Å²) in [4.78, 5) is 23.1. The van der Waals surface area contributed by atoms with Crippen LogP contribution in [0.15, 0.2) is 0 Å². The van der Waals surface area contributed by atoms with Gasteiger partial charge in [-0.3, -0.25) is 9.59 Å². The van der Waals surface area contributed by atoms with E-state index in [9.17, 15) is 9.59 Å². The highest BCUT2D eigenvalue weighted by Crippen LogP contribution is 2.14. The number of rotatable bonds is 0. The fraction of sp³-hybridized carbons (Fsp3) is 0.875. The third-order valence-electron chi connectivity index (χ3n) is 3.82. The summed E-state index contributed by atoms with van der Waals surface area (Å²) in [5, 5.41) is 0. The van der Waals surface area contributed by atoms with E-state index in [0.717, 1.165) is 64.2 Å². The zero-order valence-corrected chi connectivity index (χ0v) is 11.7. The van der Waals surface area contributed by atoms with Crippen molar-refractivity contribution >= 4 is 11.6 Å². The Bertz CT molecular complexity index is 219. The molecule has 1 aliphatic carbocycles. The van der Waals surface area contributed by atoms with Gasteiger partial charge in [-0.1, -0.05) is 38.5 Å². The van der Waals surface area contributed by atoms with E-state index < -0.39 is 0 Å². The molecule has 104 valence electrons. The summed E-state index contributed by atoms with van der Waals surface area (Å²) in [5.41, 5.74) is 0. The SMILES string of the molecule is O=C1CCCCCCCCC(=O)CCCCCC1. The maximum absolute atomic E-state index is 11.6. The van der Waals surface area contributed by atoms with Crippen molar-refractivity contribution in [3.8, 4) is 0 Å². The molecule has 0 heterocycles. The van der Waals surface area contributed by atoms with Gasteiger partial charge in [-0.05, 0) is 25.7 Å². The molecule has 1 fully saturated rings. The van der Waals surface area contributed by atoms with Crippen LogP contribution in [-0.2, 0) is 9.59 Å². The highest BCUT2D eigenvalue weighted by Gasteiger charge is 2.05. The van der Waals surface area contributed by atoms with Crippen molar-refractivity contribution in [3.05, 3.63) is 0 Å². The normalized spacial score (nSPS) is 22.9. The molecule has 0 aromatic carbocycles. The Morgan fingerprint density at radius 2 is 0.611 bits per heavy atom. The second kappa shape index (κ2) is 10.3. The number of hydrogen-bond acceptors (Lipinski definition) is 2. The van der Waals surface area contributed by atoms with Gasteiger partial charge < -0.3 is 0 Å². The first kappa shape index (κ1) is 15.4. The number of carbonyl (C=O) groups excluding carboxylic acids is 2. The average Bonchev–Trinajstić information content (AvgIpc) is 2.35. The highest BCUT2D eigenvalue weighted by atomic mass is 16.1. The van der Waals surface area contributed by atoms with Gasteiger partial charge in [0.15, 0.2) is 0 Å². The first-order chi connectivity index (χ1) is 8.79. The van der Waals surface area contributed by atoms with Gasteiger partial charge in [-0.15, -0.1) is 0 Å². The molecule has 0 atom stereocenters. The molecule has 2 nitrogen and oxygen atoms in total. The maximum Gasteiger partial charge on any atom is 0.132 e. The van der Waals surface area contributed by atoms with Crippen LogP contribution in [0, 0.1) is 0 Å². The topological polar surface area (TPSA) is 34.1 Å². The van der Waals surface area contributed by atoms with Crippen LogP contribution in [-0.4, -0.2) is 11.6 Å². The van der Waals surface area contributed by atoms with Crippen molar-refractivity contribution in [3.63, 3.8) is 0 Å². The number of Topliss-reactive ketones (excluding diaryl/α,β-unsaturated/α-hetero) is 2. The van der Waals surface area contributed by atoms with Gasteiger partial charge in [0.1, 0.15) is 11.6 Å². The summed E-state index contributed by atoms with van der Waals surface area (Å²) in [5.74, 6) is 0.886. The molecular weight excluding hydrogens is 224 g/mol. The fourth-order valence-corrected chi connectivity index (χ4v) is 2.60. The smallest absolute Gasteiger partial charge is 0.132 e. The summed E-state index contributed by atoms with van der Waals surface area (Å²) in [6, 6.07) is 0. The molecule has 2 heteroatoms. The first-order valence-corrected chi connectivity index (χ1v) is 7.82. The minimum Gasteiger partial charge on any atom is -0.300 e. The van der Waals surface area contributed by atoms with Crippen molar-refractivity contribution in [1.82, 2.24) is 0 Å². The van der Waals surface area contributed by atoms with Crippen LogP contribution in [0.25, 0.3) is 0 Å². The third kappa shape index (κ3) is 8.43. The van der Waals surface area contributed by atoms with E-state index in [1.54, 1.807) is 0 Å². The average molecular weight is 252 g/mol. The van der Waals surface area contributed by atoms with E-state index in [0.29, 0.717) is 11.6 Å². The lowest BCUT2D eigenvalue weighted by atomic mass is 10.0. The molecule has 0 aromatic heterocycles. The number of ketones is 2. The van der Waals surface area contributed by atoms with Crippen LogP contribution in [0.1, 0.15) is 89.9 Å². The molecule has 0 aliphatic heterocycles. The minimum absolute atomic E-state index is 0.443. The Labute approximate surface area is 112 Å².